The van der Waals surface area contributed by atoms with Crippen LogP contribution in [0.4, 0.5) is 22.0 Å². The van der Waals surface area contributed by atoms with E-state index >= 15 is 0 Å². The van der Waals surface area contributed by atoms with Crippen molar-refractivity contribution in [1.82, 2.24) is 0 Å². The highest BCUT2D eigenvalue weighted by molar-refractivity contribution is 5.72. The Kier molecular flexibility index (Phi) is 7.15. The van der Waals surface area contributed by atoms with Gasteiger partial charge in [0, 0.05) is 17.2 Å². The summed E-state index contributed by atoms with van der Waals surface area (Å²) in [4.78, 5) is 0. The molecule has 2 nitrogen and oxygen atoms in total. The van der Waals surface area contributed by atoms with Crippen molar-refractivity contribution in [1.29, 1.82) is 0 Å². The predicted molar refractivity (Wildman–Crippen MR) is 109 cm³/mol. The van der Waals surface area contributed by atoms with E-state index in [-0.39, 0.29) is 11.1 Å². The topological polar surface area (TPSA) is 18.5 Å². The zero-order valence-electron chi connectivity index (χ0n) is 16.8. The van der Waals surface area contributed by atoms with E-state index < -0.39 is 23.7 Å². The maximum Gasteiger partial charge on any atom is 0.573 e. The van der Waals surface area contributed by atoms with Gasteiger partial charge in [-0.2, -0.15) is 0 Å². The smallest absolute Gasteiger partial charge is 0.493 e. The average Bonchev–Trinajstić information content (AvgIpc) is 2.71. The molecule has 164 valence electrons. The van der Waals surface area contributed by atoms with E-state index in [0.29, 0.717) is 23.5 Å². The number of hydrogen-bond donors (Lipinski definition) is 0. The third-order valence-electron chi connectivity index (χ3n) is 4.64. The molecular weight excluding hydrogens is 415 g/mol. The van der Waals surface area contributed by atoms with Gasteiger partial charge >= 0.3 is 6.36 Å². The van der Waals surface area contributed by atoms with Crippen molar-refractivity contribution in [2.45, 2.75) is 32.5 Å². The lowest BCUT2D eigenvalue weighted by Gasteiger charge is -2.11. The molecule has 3 aromatic rings. The van der Waals surface area contributed by atoms with Gasteiger partial charge in [-0.15, -0.1) is 13.2 Å². The summed E-state index contributed by atoms with van der Waals surface area (Å²) in [6, 6.07) is 13.5. The normalized spacial score (nSPS) is 11.4. The van der Waals surface area contributed by atoms with E-state index in [2.05, 4.69) is 11.7 Å². The van der Waals surface area contributed by atoms with Crippen LogP contribution in [0.25, 0.3) is 22.3 Å². The van der Waals surface area contributed by atoms with Gasteiger partial charge in [-0.25, -0.2) is 8.78 Å². The summed E-state index contributed by atoms with van der Waals surface area (Å²) >= 11 is 0. The minimum Gasteiger partial charge on any atom is -0.493 e. The first-order valence-corrected chi connectivity index (χ1v) is 9.85. The molecular formula is C24H21F5O2. The summed E-state index contributed by atoms with van der Waals surface area (Å²) < 4.78 is 75.4. The Balaban J connectivity index is 1.76. The Hall–Kier alpha value is -3.09. The highest BCUT2D eigenvalue weighted by atomic mass is 19.4. The molecule has 0 aliphatic rings. The summed E-state index contributed by atoms with van der Waals surface area (Å²) in [5.74, 6) is -1.14. The molecule has 0 radical (unpaired) electrons. The first-order valence-electron chi connectivity index (χ1n) is 9.85. The molecule has 0 amide bonds. The van der Waals surface area contributed by atoms with Crippen molar-refractivity contribution in [3.63, 3.8) is 0 Å². The number of benzene rings is 3. The largest absolute Gasteiger partial charge is 0.573 e. The highest BCUT2D eigenvalue weighted by Gasteiger charge is 2.31. The SMILES string of the molecule is CCCCCOc1ccc(-c2ccc(-c3ccc(OC(F)(F)F)cc3)c(F)c2)c(F)c1. The third kappa shape index (κ3) is 6.20. The van der Waals surface area contributed by atoms with E-state index in [1.807, 2.05) is 0 Å². The Morgan fingerprint density at radius 3 is 1.90 bits per heavy atom. The maximum atomic E-state index is 14.7. The zero-order valence-corrected chi connectivity index (χ0v) is 16.8. The fourth-order valence-corrected chi connectivity index (χ4v) is 3.11. The lowest BCUT2D eigenvalue weighted by Crippen LogP contribution is -2.16. The fourth-order valence-electron chi connectivity index (χ4n) is 3.11. The second kappa shape index (κ2) is 9.81. The van der Waals surface area contributed by atoms with Crippen molar-refractivity contribution < 1.29 is 31.4 Å². The van der Waals surface area contributed by atoms with Gasteiger partial charge in [-0.05, 0) is 47.9 Å². The van der Waals surface area contributed by atoms with Crippen molar-refractivity contribution in [3.8, 4) is 33.8 Å². The summed E-state index contributed by atoms with van der Waals surface area (Å²) in [6.07, 6.45) is -1.82. The van der Waals surface area contributed by atoms with E-state index in [1.165, 1.54) is 36.4 Å². The molecule has 0 heterocycles. The first kappa shape index (κ1) is 22.6. The molecule has 0 spiro atoms. The molecule has 0 aliphatic carbocycles. The number of hydrogen-bond acceptors (Lipinski definition) is 2. The molecule has 0 aliphatic heterocycles. The van der Waals surface area contributed by atoms with Crippen LogP contribution in [0.1, 0.15) is 26.2 Å². The zero-order chi connectivity index (χ0) is 22.4. The van der Waals surface area contributed by atoms with Gasteiger partial charge in [0.05, 0.1) is 6.61 Å². The van der Waals surface area contributed by atoms with Gasteiger partial charge in [-0.1, -0.05) is 44.0 Å². The molecule has 3 aromatic carbocycles. The van der Waals surface area contributed by atoms with E-state index in [0.717, 1.165) is 31.4 Å². The number of ether oxygens (including phenoxy) is 2. The van der Waals surface area contributed by atoms with Crippen LogP contribution >= 0.6 is 0 Å². The van der Waals surface area contributed by atoms with Crippen LogP contribution in [-0.2, 0) is 0 Å². The Bertz CT molecular complexity index is 1010. The number of unbranched alkanes of at least 4 members (excludes halogenated alkanes) is 2. The molecule has 0 atom stereocenters. The lowest BCUT2D eigenvalue weighted by molar-refractivity contribution is -0.274. The van der Waals surface area contributed by atoms with Gasteiger partial charge in [-0.3, -0.25) is 0 Å². The second-order valence-electron chi connectivity index (χ2n) is 6.96. The summed E-state index contributed by atoms with van der Waals surface area (Å²) in [6.45, 7) is 2.58. The third-order valence-corrected chi connectivity index (χ3v) is 4.64. The molecule has 0 aromatic heterocycles. The fraction of sp³-hybridized carbons (Fsp3) is 0.250. The number of halogens is 5. The van der Waals surface area contributed by atoms with Crippen LogP contribution in [-0.4, -0.2) is 13.0 Å². The minimum absolute atomic E-state index is 0.179. The van der Waals surface area contributed by atoms with Crippen LogP contribution in [0.15, 0.2) is 60.7 Å². The van der Waals surface area contributed by atoms with Gasteiger partial charge in [0.25, 0.3) is 0 Å². The molecule has 0 fully saturated rings. The summed E-state index contributed by atoms with van der Waals surface area (Å²) in [5.41, 5.74) is 1.11. The highest BCUT2D eigenvalue weighted by Crippen LogP contribution is 2.32. The quantitative estimate of drug-likeness (QED) is 0.265. The molecule has 31 heavy (non-hydrogen) atoms. The van der Waals surface area contributed by atoms with Crippen molar-refractivity contribution in [2.24, 2.45) is 0 Å². The first-order chi connectivity index (χ1) is 14.8. The monoisotopic (exact) mass is 436 g/mol. The average molecular weight is 436 g/mol. The molecule has 0 unspecified atom stereocenters. The van der Waals surface area contributed by atoms with Gasteiger partial charge in [0.15, 0.2) is 0 Å². The van der Waals surface area contributed by atoms with Crippen LogP contribution in [0.3, 0.4) is 0 Å². The molecule has 7 heteroatoms. The standard InChI is InChI=1S/C24H21F5O2/c1-2-3-4-13-30-19-10-12-21(23(26)15-19)17-7-11-20(22(25)14-17)16-5-8-18(9-6-16)31-24(27,28)29/h5-12,14-15H,2-4,13H2,1H3. The van der Waals surface area contributed by atoms with Crippen LogP contribution in [0.5, 0.6) is 11.5 Å². The maximum absolute atomic E-state index is 14.7. The lowest BCUT2D eigenvalue weighted by atomic mass is 9.99. The van der Waals surface area contributed by atoms with Crippen molar-refractivity contribution in [3.05, 3.63) is 72.3 Å². The van der Waals surface area contributed by atoms with Crippen molar-refractivity contribution >= 4 is 0 Å². The van der Waals surface area contributed by atoms with E-state index in [1.54, 1.807) is 12.1 Å². The van der Waals surface area contributed by atoms with Gasteiger partial charge < -0.3 is 9.47 Å². The van der Waals surface area contributed by atoms with Crippen molar-refractivity contribution in [2.75, 3.05) is 6.61 Å². The molecule has 0 saturated carbocycles. The molecule has 0 bridgehead atoms. The Morgan fingerprint density at radius 1 is 0.710 bits per heavy atom. The van der Waals surface area contributed by atoms with Gasteiger partial charge in [0.2, 0.25) is 0 Å². The number of rotatable bonds is 8. The minimum atomic E-state index is -4.80. The Labute approximate surface area is 177 Å². The van der Waals surface area contributed by atoms with Crippen LogP contribution in [0.2, 0.25) is 0 Å². The van der Waals surface area contributed by atoms with E-state index in [9.17, 15) is 22.0 Å². The predicted octanol–water partition coefficient (Wildman–Crippen LogP) is 7.77. The molecule has 3 rings (SSSR count). The van der Waals surface area contributed by atoms with E-state index in [4.69, 9.17) is 4.74 Å². The summed E-state index contributed by atoms with van der Waals surface area (Å²) in [5, 5.41) is 0. The van der Waals surface area contributed by atoms with Crippen LogP contribution < -0.4 is 9.47 Å². The number of alkyl halides is 3. The Morgan fingerprint density at radius 2 is 1.29 bits per heavy atom. The molecule has 0 N–H and O–H groups in total. The summed E-state index contributed by atoms with van der Waals surface area (Å²) in [7, 11) is 0. The van der Waals surface area contributed by atoms with Gasteiger partial charge in [0.1, 0.15) is 23.1 Å². The second-order valence-corrected chi connectivity index (χ2v) is 6.96. The molecule has 0 saturated heterocycles. The van der Waals surface area contributed by atoms with Crippen LogP contribution in [0, 0.1) is 11.6 Å².